The van der Waals surface area contributed by atoms with Crippen LogP contribution in [0, 0.1) is 6.92 Å². The number of para-hydroxylation sites is 3. The first kappa shape index (κ1) is 33.1. The van der Waals surface area contributed by atoms with Crippen molar-refractivity contribution in [1.29, 1.82) is 0 Å². The molecule has 0 saturated carbocycles. The molecule has 3 heterocycles. The Morgan fingerprint density at radius 3 is 2.03 bits per heavy atom. The molecular formula is C53H35BN3S. The van der Waals surface area contributed by atoms with Crippen LogP contribution < -0.4 is 21.1 Å². The van der Waals surface area contributed by atoms with Gasteiger partial charge in [-0.25, -0.2) is 0 Å². The van der Waals surface area contributed by atoms with E-state index in [9.17, 15) is 0 Å². The molecule has 1 aliphatic heterocycles. The first-order valence-electron chi connectivity index (χ1n) is 19.8. The van der Waals surface area contributed by atoms with Gasteiger partial charge in [-0.2, -0.15) is 0 Å². The number of fused-ring (bicyclic) bond motifs is 10. The van der Waals surface area contributed by atoms with E-state index in [1.165, 1.54) is 80.5 Å². The standard InChI is InChI=1S/C53H35BN3S/c1-33-24-27-35(28-25-33)55-44-22-12-10-20-39(44)42-31-47(56(36-15-4-2-5-16-36)37-17-6-3-7-18-37)51-50-38-19-9-8-14-34(38)26-29-45(50)57-46-30-41-40-21-11-13-23-48(40)58-49(41)32-43(46)54-52(42)53(51)57/h2-32,55H,1H3. The molecule has 2 aromatic heterocycles. The Bertz CT molecular complexity index is 3360. The lowest BCUT2D eigenvalue weighted by molar-refractivity contribution is 1.20. The number of anilines is 5. The average Bonchev–Trinajstić information content (AvgIpc) is 3.82. The highest BCUT2D eigenvalue weighted by atomic mass is 32.1. The van der Waals surface area contributed by atoms with Crippen LogP contribution in [0.15, 0.2) is 188 Å². The molecule has 0 spiro atoms. The van der Waals surface area contributed by atoms with Crippen LogP contribution in [-0.2, 0) is 0 Å². The number of aromatic nitrogens is 1. The van der Waals surface area contributed by atoms with Crippen LogP contribution in [0.3, 0.4) is 0 Å². The maximum absolute atomic E-state index is 3.82. The van der Waals surface area contributed by atoms with Crippen molar-refractivity contribution in [1.82, 2.24) is 4.57 Å². The fourth-order valence-electron chi connectivity index (χ4n) is 9.22. The summed E-state index contributed by atoms with van der Waals surface area (Å²) in [6, 6.07) is 68.8. The summed E-state index contributed by atoms with van der Waals surface area (Å²) in [5.41, 5.74) is 15.1. The molecule has 271 valence electrons. The first-order valence-corrected chi connectivity index (χ1v) is 20.7. The number of rotatable bonds is 6. The molecule has 1 aliphatic rings. The summed E-state index contributed by atoms with van der Waals surface area (Å²) in [6.07, 6.45) is 0. The number of thiophene rings is 1. The maximum Gasteiger partial charge on any atom is 0.197 e. The van der Waals surface area contributed by atoms with E-state index in [4.69, 9.17) is 0 Å². The largest absolute Gasteiger partial charge is 0.355 e. The Balaban J connectivity index is 1.26. The summed E-state index contributed by atoms with van der Waals surface area (Å²) in [7, 11) is 2.46. The van der Waals surface area contributed by atoms with E-state index in [1.807, 2.05) is 11.3 Å². The molecule has 0 atom stereocenters. The van der Waals surface area contributed by atoms with Crippen LogP contribution in [0.4, 0.5) is 28.4 Å². The highest BCUT2D eigenvalue weighted by Gasteiger charge is 2.32. The minimum atomic E-state index is 1.06. The van der Waals surface area contributed by atoms with Gasteiger partial charge in [0.25, 0.3) is 0 Å². The van der Waals surface area contributed by atoms with E-state index >= 15 is 0 Å². The third kappa shape index (κ3) is 5.07. The van der Waals surface area contributed by atoms with Crippen molar-refractivity contribution in [3.63, 3.8) is 0 Å². The Morgan fingerprint density at radius 1 is 0.552 bits per heavy atom. The van der Waals surface area contributed by atoms with Gasteiger partial charge in [-0.1, -0.05) is 126 Å². The second-order valence-electron chi connectivity index (χ2n) is 15.3. The molecule has 0 unspecified atom stereocenters. The monoisotopic (exact) mass is 756 g/mol. The lowest BCUT2D eigenvalue weighted by Crippen LogP contribution is -2.37. The summed E-state index contributed by atoms with van der Waals surface area (Å²) in [4.78, 5) is 2.45. The molecule has 0 aliphatic carbocycles. The third-order valence-corrected chi connectivity index (χ3v) is 13.0. The molecule has 0 saturated heterocycles. The smallest absolute Gasteiger partial charge is 0.197 e. The van der Waals surface area contributed by atoms with Gasteiger partial charge in [-0.3, -0.25) is 0 Å². The van der Waals surface area contributed by atoms with Crippen LogP contribution in [0.1, 0.15) is 5.56 Å². The second-order valence-corrected chi connectivity index (χ2v) is 16.4. The Morgan fingerprint density at radius 2 is 1.24 bits per heavy atom. The summed E-state index contributed by atoms with van der Waals surface area (Å²) >= 11 is 1.88. The SMILES string of the molecule is Cc1ccc(Nc2ccccc2-c2cc(N(c3ccccc3)c3ccccc3)c3c4c5ccccc5ccc4n4c3c2[B]c2cc3sc5ccccc5c3cc2-4)cc1. The molecule has 3 nitrogen and oxygen atoms in total. The summed E-state index contributed by atoms with van der Waals surface area (Å²) in [5.74, 6) is 0. The molecule has 9 aromatic carbocycles. The summed E-state index contributed by atoms with van der Waals surface area (Å²) < 4.78 is 5.19. The molecule has 5 heteroatoms. The molecular weight excluding hydrogens is 721 g/mol. The van der Waals surface area contributed by atoms with E-state index in [-0.39, 0.29) is 0 Å². The second kappa shape index (κ2) is 13.0. The van der Waals surface area contributed by atoms with Crippen molar-refractivity contribution >= 4 is 111 Å². The normalized spacial score (nSPS) is 12.0. The van der Waals surface area contributed by atoms with E-state index in [0.717, 1.165) is 34.0 Å². The van der Waals surface area contributed by atoms with Gasteiger partial charge >= 0.3 is 0 Å². The lowest BCUT2D eigenvalue weighted by atomic mass is 9.59. The van der Waals surface area contributed by atoms with Crippen molar-refractivity contribution in [2.45, 2.75) is 6.92 Å². The Hall–Kier alpha value is -7.08. The molecule has 1 N–H and O–H groups in total. The number of benzene rings is 9. The zero-order valence-corrected chi connectivity index (χ0v) is 32.6. The quantitative estimate of drug-likeness (QED) is 0.171. The Kier molecular flexibility index (Phi) is 7.41. The molecule has 0 amide bonds. The zero-order valence-electron chi connectivity index (χ0n) is 31.8. The van der Waals surface area contributed by atoms with E-state index in [1.54, 1.807) is 0 Å². The van der Waals surface area contributed by atoms with E-state index in [2.05, 4.69) is 217 Å². The van der Waals surface area contributed by atoms with Crippen molar-refractivity contribution in [3.8, 4) is 16.8 Å². The molecule has 11 aromatic rings. The minimum absolute atomic E-state index is 1.06. The average molecular weight is 757 g/mol. The van der Waals surface area contributed by atoms with Gasteiger partial charge in [0.2, 0.25) is 0 Å². The lowest BCUT2D eigenvalue weighted by Gasteiger charge is -2.30. The molecule has 1 radical (unpaired) electrons. The van der Waals surface area contributed by atoms with Crippen LogP contribution in [0.2, 0.25) is 0 Å². The zero-order chi connectivity index (χ0) is 38.3. The predicted octanol–water partition coefficient (Wildman–Crippen LogP) is 13.5. The van der Waals surface area contributed by atoms with E-state index in [0.29, 0.717) is 0 Å². The molecule has 0 bridgehead atoms. The van der Waals surface area contributed by atoms with E-state index < -0.39 is 0 Å². The summed E-state index contributed by atoms with van der Waals surface area (Å²) in [5, 5.41) is 11.4. The van der Waals surface area contributed by atoms with Crippen LogP contribution in [0.5, 0.6) is 0 Å². The number of nitrogens with one attached hydrogen (secondary N) is 1. The topological polar surface area (TPSA) is 20.2 Å². The first-order chi connectivity index (χ1) is 28.7. The molecule has 58 heavy (non-hydrogen) atoms. The van der Waals surface area contributed by atoms with Crippen LogP contribution in [0.25, 0.3) is 69.6 Å². The number of nitrogens with zero attached hydrogens (tertiary/aromatic N) is 2. The predicted molar refractivity (Wildman–Crippen MR) is 251 cm³/mol. The van der Waals surface area contributed by atoms with Crippen molar-refractivity contribution < 1.29 is 0 Å². The van der Waals surface area contributed by atoms with Crippen molar-refractivity contribution in [2.75, 3.05) is 10.2 Å². The number of hydrogen-bond donors (Lipinski definition) is 1. The van der Waals surface area contributed by atoms with Crippen LogP contribution in [-0.4, -0.2) is 11.8 Å². The van der Waals surface area contributed by atoms with Gasteiger partial charge in [0.05, 0.1) is 16.7 Å². The van der Waals surface area contributed by atoms with Gasteiger partial charge in [0.15, 0.2) is 7.28 Å². The number of hydrogen-bond acceptors (Lipinski definition) is 3. The van der Waals surface area contributed by atoms with Gasteiger partial charge in [-0.05, 0) is 102 Å². The van der Waals surface area contributed by atoms with Gasteiger partial charge in [0.1, 0.15) is 0 Å². The fourth-order valence-corrected chi connectivity index (χ4v) is 10.4. The summed E-state index contributed by atoms with van der Waals surface area (Å²) in [6.45, 7) is 2.13. The van der Waals surface area contributed by atoms with Gasteiger partial charge in [0, 0.05) is 64.9 Å². The van der Waals surface area contributed by atoms with Gasteiger partial charge < -0.3 is 14.8 Å². The molecule has 0 fully saturated rings. The highest BCUT2D eigenvalue weighted by Crippen LogP contribution is 2.49. The van der Waals surface area contributed by atoms with Crippen molar-refractivity contribution in [2.24, 2.45) is 0 Å². The van der Waals surface area contributed by atoms with Gasteiger partial charge in [-0.15, -0.1) is 11.3 Å². The fraction of sp³-hybridized carbons (Fsp3) is 0.0189. The third-order valence-electron chi connectivity index (χ3n) is 11.8. The minimum Gasteiger partial charge on any atom is -0.355 e. The van der Waals surface area contributed by atoms with Crippen molar-refractivity contribution in [3.05, 3.63) is 194 Å². The molecule has 12 rings (SSSR count). The number of aryl methyl sites for hydroxylation is 1. The Labute approximate surface area is 341 Å². The van der Waals surface area contributed by atoms with Crippen LogP contribution >= 0.6 is 11.3 Å². The maximum atomic E-state index is 3.82. The highest BCUT2D eigenvalue weighted by molar-refractivity contribution is 7.26.